The van der Waals surface area contributed by atoms with Gasteiger partial charge in [-0.05, 0) is 36.8 Å². The lowest BCUT2D eigenvalue weighted by Crippen LogP contribution is -2.69. The van der Waals surface area contributed by atoms with Crippen LogP contribution in [-0.4, -0.2) is 48.7 Å². The number of benzene rings is 1. The molecule has 0 unspecified atom stereocenters. The average molecular weight is 370 g/mol. The highest BCUT2D eigenvalue weighted by atomic mass is 16.5. The molecule has 2 amide bonds. The number of rotatable bonds is 1. The van der Waals surface area contributed by atoms with E-state index in [0.29, 0.717) is 44.0 Å². The Kier molecular flexibility index (Phi) is 3.76. The lowest BCUT2D eigenvalue weighted by Gasteiger charge is -2.60. The standard InChI is InChI=1S/C21H26N2O4/c1-20-7-6-14(12-16(20)19(25)23-8-10-26-11-9-23)21(13-20)22-18(24)15-4-2-3-5-17(15)27-21/h2-5,14,16H,6-13H2,1H3,(H,22,24)/t14-,16+,20+,21-/m0/s1. The Labute approximate surface area is 159 Å². The molecule has 0 radical (unpaired) electrons. The van der Waals surface area contributed by atoms with E-state index in [1.54, 1.807) is 6.07 Å². The molecule has 1 spiro atoms. The molecule has 2 heterocycles. The van der Waals surface area contributed by atoms with Crippen LogP contribution >= 0.6 is 0 Å². The van der Waals surface area contributed by atoms with Gasteiger partial charge in [0, 0.05) is 31.3 Å². The number of nitrogens with zero attached hydrogens (tertiary/aromatic N) is 1. The third-order valence-electron chi connectivity index (χ3n) is 7.12. The minimum atomic E-state index is -0.680. The number of nitrogens with one attached hydrogen (secondary N) is 1. The number of amides is 2. The summed E-state index contributed by atoms with van der Waals surface area (Å²) in [6, 6.07) is 7.42. The smallest absolute Gasteiger partial charge is 0.258 e. The summed E-state index contributed by atoms with van der Waals surface area (Å²) in [4.78, 5) is 27.9. The van der Waals surface area contributed by atoms with Gasteiger partial charge in [0.1, 0.15) is 5.75 Å². The van der Waals surface area contributed by atoms with Gasteiger partial charge in [0.15, 0.2) is 5.72 Å². The number of para-hydroxylation sites is 1. The van der Waals surface area contributed by atoms with Crippen molar-refractivity contribution in [3.63, 3.8) is 0 Å². The van der Waals surface area contributed by atoms with E-state index in [1.807, 2.05) is 23.1 Å². The maximum Gasteiger partial charge on any atom is 0.258 e. The van der Waals surface area contributed by atoms with Gasteiger partial charge in [-0.1, -0.05) is 19.1 Å². The maximum absolute atomic E-state index is 13.2. The second-order valence-corrected chi connectivity index (χ2v) is 8.73. The number of carbonyl (C=O) groups excluding carboxylic acids is 2. The molecule has 2 aliphatic heterocycles. The highest BCUT2D eigenvalue weighted by Gasteiger charge is 2.62. The van der Waals surface area contributed by atoms with Crippen molar-refractivity contribution in [2.75, 3.05) is 26.3 Å². The molecule has 6 rings (SSSR count). The Morgan fingerprint density at radius 1 is 1.26 bits per heavy atom. The fourth-order valence-electron chi connectivity index (χ4n) is 5.64. The molecule has 4 fully saturated rings. The molecule has 1 aromatic rings. The molecule has 1 aromatic carbocycles. The monoisotopic (exact) mass is 370 g/mol. The quantitative estimate of drug-likeness (QED) is 0.823. The van der Waals surface area contributed by atoms with Crippen molar-refractivity contribution in [2.24, 2.45) is 17.3 Å². The zero-order valence-electron chi connectivity index (χ0n) is 15.7. The highest BCUT2D eigenvalue weighted by molar-refractivity contribution is 5.98. The summed E-state index contributed by atoms with van der Waals surface area (Å²) in [6.45, 7) is 4.81. The Hall–Kier alpha value is -2.08. The molecule has 6 heteroatoms. The van der Waals surface area contributed by atoms with E-state index in [1.165, 1.54) is 0 Å². The molecule has 144 valence electrons. The van der Waals surface area contributed by atoms with Crippen LogP contribution in [0.1, 0.15) is 43.0 Å². The maximum atomic E-state index is 13.2. The van der Waals surface area contributed by atoms with Crippen LogP contribution in [0.3, 0.4) is 0 Å². The van der Waals surface area contributed by atoms with E-state index in [-0.39, 0.29) is 29.1 Å². The fourth-order valence-corrected chi connectivity index (χ4v) is 5.64. The van der Waals surface area contributed by atoms with Crippen molar-refractivity contribution >= 4 is 11.8 Å². The first-order chi connectivity index (χ1) is 13.0. The van der Waals surface area contributed by atoms with Gasteiger partial charge in [0.25, 0.3) is 5.91 Å². The van der Waals surface area contributed by atoms with E-state index in [9.17, 15) is 9.59 Å². The number of fused-ring (bicyclic) bond motifs is 3. The summed E-state index contributed by atoms with van der Waals surface area (Å²) in [5.41, 5.74) is -0.250. The number of ether oxygens (including phenoxy) is 2. The predicted molar refractivity (Wildman–Crippen MR) is 98.2 cm³/mol. The molecule has 2 bridgehead atoms. The molecule has 4 atom stereocenters. The first-order valence-corrected chi connectivity index (χ1v) is 9.98. The molecule has 0 aromatic heterocycles. The minimum Gasteiger partial charge on any atom is -0.467 e. The highest BCUT2D eigenvalue weighted by Crippen LogP contribution is 2.59. The first kappa shape index (κ1) is 17.0. The number of carbonyl (C=O) groups is 2. The van der Waals surface area contributed by atoms with Crippen molar-refractivity contribution in [1.29, 1.82) is 0 Å². The number of hydrogen-bond donors (Lipinski definition) is 1. The molecule has 1 saturated heterocycles. The molecule has 27 heavy (non-hydrogen) atoms. The van der Waals surface area contributed by atoms with Gasteiger partial charge in [0.2, 0.25) is 5.91 Å². The molecule has 1 N–H and O–H groups in total. The van der Waals surface area contributed by atoms with Gasteiger partial charge in [-0.2, -0.15) is 0 Å². The van der Waals surface area contributed by atoms with E-state index < -0.39 is 5.72 Å². The molecule has 6 nitrogen and oxygen atoms in total. The second-order valence-electron chi connectivity index (χ2n) is 8.73. The van der Waals surface area contributed by atoms with Crippen molar-refractivity contribution in [2.45, 2.75) is 38.3 Å². The Morgan fingerprint density at radius 3 is 2.81 bits per heavy atom. The van der Waals surface area contributed by atoms with Crippen LogP contribution in [0.5, 0.6) is 5.75 Å². The third-order valence-corrected chi connectivity index (χ3v) is 7.12. The van der Waals surface area contributed by atoms with Gasteiger partial charge in [0.05, 0.1) is 18.8 Å². The average Bonchev–Trinajstić information content (AvgIpc) is 2.68. The van der Waals surface area contributed by atoms with Crippen LogP contribution in [-0.2, 0) is 9.53 Å². The van der Waals surface area contributed by atoms with E-state index in [4.69, 9.17) is 9.47 Å². The van der Waals surface area contributed by atoms with Crippen LogP contribution in [0.2, 0.25) is 0 Å². The van der Waals surface area contributed by atoms with Crippen LogP contribution in [0.25, 0.3) is 0 Å². The van der Waals surface area contributed by atoms with Gasteiger partial charge in [-0.3, -0.25) is 9.59 Å². The van der Waals surface area contributed by atoms with E-state index >= 15 is 0 Å². The molecular weight excluding hydrogens is 344 g/mol. The third kappa shape index (κ3) is 2.57. The molecule has 3 saturated carbocycles. The van der Waals surface area contributed by atoms with E-state index in [2.05, 4.69) is 12.2 Å². The number of hydrogen-bond acceptors (Lipinski definition) is 4. The lowest BCUT2D eigenvalue weighted by molar-refractivity contribution is -0.176. The molecule has 5 aliphatic rings. The zero-order chi connectivity index (χ0) is 18.6. The van der Waals surface area contributed by atoms with E-state index in [0.717, 1.165) is 19.3 Å². The lowest BCUT2D eigenvalue weighted by atomic mass is 9.52. The SMILES string of the molecule is C[C@]12CC[C@@H](C[C@@H]1C(=O)N1CCOCC1)[C@@]1(C2)NC(=O)c2ccccc2O1. The van der Waals surface area contributed by atoms with Crippen molar-refractivity contribution < 1.29 is 19.1 Å². The minimum absolute atomic E-state index is 0.00218. The molecule has 3 aliphatic carbocycles. The molecular formula is C21H26N2O4. The summed E-state index contributed by atoms with van der Waals surface area (Å²) in [5, 5.41) is 3.18. The predicted octanol–water partition coefficient (Wildman–Crippen LogP) is 2.19. The number of morpholine rings is 1. The second kappa shape index (κ2) is 5.96. The summed E-state index contributed by atoms with van der Waals surface area (Å²) in [7, 11) is 0. The Bertz CT molecular complexity index is 790. The Morgan fingerprint density at radius 2 is 2.04 bits per heavy atom. The summed E-state index contributed by atoms with van der Waals surface area (Å²) >= 11 is 0. The van der Waals surface area contributed by atoms with Gasteiger partial charge < -0.3 is 19.7 Å². The summed E-state index contributed by atoms with van der Waals surface area (Å²) < 4.78 is 11.8. The zero-order valence-corrected chi connectivity index (χ0v) is 15.7. The fraction of sp³-hybridized carbons (Fsp3) is 0.619. The first-order valence-electron chi connectivity index (χ1n) is 9.98. The summed E-state index contributed by atoms with van der Waals surface area (Å²) in [6.07, 6.45) is 3.44. The van der Waals surface area contributed by atoms with Crippen LogP contribution in [0.15, 0.2) is 24.3 Å². The van der Waals surface area contributed by atoms with Crippen molar-refractivity contribution in [3.05, 3.63) is 29.8 Å². The summed E-state index contributed by atoms with van der Waals surface area (Å²) in [5.74, 6) is 1.00. The van der Waals surface area contributed by atoms with Gasteiger partial charge in [-0.25, -0.2) is 0 Å². The van der Waals surface area contributed by atoms with Crippen molar-refractivity contribution in [3.8, 4) is 5.75 Å². The van der Waals surface area contributed by atoms with Crippen LogP contribution in [0.4, 0.5) is 0 Å². The van der Waals surface area contributed by atoms with Crippen LogP contribution in [0, 0.1) is 17.3 Å². The van der Waals surface area contributed by atoms with Gasteiger partial charge in [-0.15, -0.1) is 0 Å². The van der Waals surface area contributed by atoms with Crippen molar-refractivity contribution in [1.82, 2.24) is 10.2 Å². The van der Waals surface area contributed by atoms with Crippen LogP contribution < -0.4 is 10.1 Å². The largest absolute Gasteiger partial charge is 0.467 e. The topological polar surface area (TPSA) is 67.9 Å². The normalized spacial score (nSPS) is 37.5. The van der Waals surface area contributed by atoms with Gasteiger partial charge >= 0.3 is 0 Å². The Balaban J connectivity index is 1.43.